The van der Waals surface area contributed by atoms with Crippen molar-refractivity contribution < 1.29 is 0 Å². The molecule has 0 aliphatic carbocycles. The van der Waals surface area contributed by atoms with E-state index in [9.17, 15) is 0 Å². The highest BCUT2D eigenvalue weighted by molar-refractivity contribution is 6.30. The number of hydrogen-bond acceptors (Lipinski definition) is 7. The van der Waals surface area contributed by atoms with Crippen LogP contribution in [-0.2, 0) is 13.5 Å². The lowest BCUT2D eigenvalue weighted by Gasteiger charge is -2.27. The van der Waals surface area contributed by atoms with Crippen molar-refractivity contribution in [2.75, 3.05) is 18.0 Å². The first kappa shape index (κ1) is 16.3. The number of anilines is 1. The fraction of sp³-hybridized carbons (Fsp3) is 0.647. The maximum absolute atomic E-state index is 4.81. The minimum absolute atomic E-state index is 0.349. The van der Waals surface area contributed by atoms with Gasteiger partial charge in [-0.2, -0.15) is 4.98 Å². The van der Waals surface area contributed by atoms with E-state index in [0.29, 0.717) is 0 Å². The summed E-state index contributed by atoms with van der Waals surface area (Å²) in [5, 5.41) is 6.62. The molecule has 25 heavy (non-hydrogen) atoms. The molecule has 0 aromatic carbocycles. The molecule has 1 aromatic heterocycles. The SMILES string of the molecule is CC1=CN=CC2=NC(C)(CCc3nc(N4CCCCC4)nn3C)NN12. The number of nitrogens with zero attached hydrogens (tertiary/aromatic N) is 7. The van der Waals surface area contributed by atoms with Gasteiger partial charge in [0.25, 0.3) is 0 Å². The first-order valence-electron chi connectivity index (χ1n) is 9.07. The lowest BCUT2D eigenvalue weighted by molar-refractivity contribution is 0.254. The molecule has 8 nitrogen and oxygen atoms in total. The number of aliphatic imine (C=N–C) groups is 2. The van der Waals surface area contributed by atoms with Crippen LogP contribution >= 0.6 is 0 Å². The Hall–Kier alpha value is -2.22. The van der Waals surface area contributed by atoms with Gasteiger partial charge in [0.15, 0.2) is 5.84 Å². The van der Waals surface area contributed by atoms with Gasteiger partial charge in [0.1, 0.15) is 11.5 Å². The van der Waals surface area contributed by atoms with Gasteiger partial charge in [-0.05, 0) is 39.5 Å². The number of nitrogens with one attached hydrogen (secondary N) is 1. The second-order valence-corrected chi connectivity index (χ2v) is 7.24. The zero-order valence-corrected chi connectivity index (χ0v) is 15.2. The van der Waals surface area contributed by atoms with Gasteiger partial charge < -0.3 is 4.90 Å². The largest absolute Gasteiger partial charge is 0.340 e. The third-order valence-electron chi connectivity index (χ3n) is 5.06. The molecule has 1 unspecified atom stereocenters. The number of hydrazine groups is 1. The quantitative estimate of drug-likeness (QED) is 0.900. The van der Waals surface area contributed by atoms with Crippen LogP contribution in [0.1, 0.15) is 45.4 Å². The maximum Gasteiger partial charge on any atom is 0.244 e. The molecule has 0 bridgehead atoms. The number of aromatic nitrogens is 3. The van der Waals surface area contributed by atoms with Crippen LogP contribution in [0.4, 0.5) is 5.95 Å². The summed E-state index contributed by atoms with van der Waals surface area (Å²) >= 11 is 0. The van der Waals surface area contributed by atoms with Gasteiger partial charge in [-0.3, -0.25) is 14.7 Å². The number of aryl methyl sites for hydroxylation is 2. The van der Waals surface area contributed by atoms with Gasteiger partial charge in [0.2, 0.25) is 5.95 Å². The molecule has 4 rings (SSSR count). The van der Waals surface area contributed by atoms with E-state index in [-0.39, 0.29) is 5.66 Å². The van der Waals surface area contributed by atoms with Crippen LogP contribution in [0.3, 0.4) is 0 Å². The van der Waals surface area contributed by atoms with Crippen molar-refractivity contribution in [1.82, 2.24) is 25.2 Å². The molecular formula is C17H26N8. The van der Waals surface area contributed by atoms with Crippen LogP contribution < -0.4 is 10.3 Å². The fourth-order valence-electron chi connectivity index (χ4n) is 3.57. The van der Waals surface area contributed by atoms with Gasteiger partial charge in [-0.25, -0.2) is 10.4 Å². The standard InChI is InChI=1S/C17H26N8/c1-13-11-18-12-15-20-17(2,22-25(13)15)8-7-14-19-16(21-23(14)3)24-9-5-4-6-10-24/h11-12,22H,4-10H2,1-3H3. The summed E-state index contributed by atoms with van der Waals surface area (Å²) in [5.74, 6) is 2.75. The highest BCUT2D eigenvalue weighted by Gasteiger charge is 2.35. The molecule has 1 fully saturated rings. The summed E-state index contributed by atoms with van der Waals surface area (Å²) in [6.07, 6.45) is 9.09. The average molecular weight is 342 g/mol. The molecule has 3 aliphatic heterocycles. The number of rotatable bonds is 4. The van der Waals surface area contributed by atoms with E-state index in [1.807, 2.05) is 29.9 Å². The highest BCUT2D eigenvalue weighted by atomic mass is 15.6. The number of allylic oxidation sites excluding steroid dienone is 1. The van der Waals surface area contributed by atoms with Crippen molar-refractivity contribution in [3.8, 4) is 0 Å². The number of hydrogen-bond donors (Lipinski definition) is 1. The normalized spacial score (nSPS) is 25.9. The van der Waals surface area contributed by atoms with Crippen LogP contribution in [0.5, 0.6) is 0 Å². The molecule has 0 spiro atoms. The van der Waals surface area contributed by atoms with Crippen LogP contribution in [-0.4, -0.2) is 50.6 Å². The number of piperidine rings is 1. The van der Waals surface area contributed by atoms with E-state index in [0.717, 1.165) is 49.2 Å². The van der Waals surface area contributed by atoms with Crippen molar-refractivity contribution in [3.05, 3.63) is 17.7 Å². The molecule has 0 saturated carbocycles. The molecule has 0 radical (unpaired) electrons. The monoisotopic (exact) mass is 342 g/mol. The van der Waals surface area contributed by atoms with E-state index in [2.05, 4.69) is 27.3 Å². The molecule has 0 amide bonds. The summed E-state index contributed by atoms with van der Waals surface area (Å²) in [6, 6.07) is 0. The number of amidine groups is 1. The first-order chi connectivity index (χ1) is 12.0. The van der Waals surface area contributed by atoms with E-state index >= 15 is 0 Å². The van der Waals surface area contributed by atoms with Crippen LogP contribution in [0.2, 0.25) is 0 Å². The average Bonchev–Trinajstić information content (AvgIpc) is 3.15. The molecule has 3 aliphatic rings. The van der Waals surface area contributed by atoms with Crippen molar-refractivity contribution in [3.63, 3.8) is 0 Å². The summed E-state index contributed by atoms with van der Waals surface area (Å²) in [6.45, 7) is 6.27. The van der Waals surface area contributed by atoms with Crippen molar-refractivity contribution in [1.29, 1.82) is 0 Å². The Morgan fingerprint density at radius 2 is 2.04 bits per heavy atom. The zero-order chi connectivity index (χ0) is 17.4. The van der Waals surface area contributed by atoms with Crippen LogP contribution in [0.25, 0.3) is 0 Å². The van der Waals surface area contributed by atoms with Crippen molar-refractivity contribution in [2.45, 2.75) is 51.6 Å². The molecular weight excluding hydrogens is 316 g/mol. The summed E-state index contributed by atoms with van der Waals surface area (Å²) in [7, 11) is 1.98. The first-order valence-corrected chi connectivity index (χ1v) is 9.07. The predicted octanol–water partition coefficient (Wildman–Crippen LogP) is 1.62. The Morgan fingerprint density at radius 3 is 2.80 bits per heavy atom. The third-order valence-corrected chi connectivity index (χ3v) is 5.06. The van der Waals surface area contributed by atoms with Crippen molar-refractivity contribution in [2.24, 2.45) is 17.0 Å². The van der Waals surface area contributed by atoms with E-state index in [1.165, 1.54) is 19.3 Å². The molecule has 1 N–H and O–H groups in total. The molecule has 1 saturated heterocycles. The second kappa shape index (κ2) is 6.25. The maximum atomic E-state index is 4.81. The minimum atomic E-state index is -0.349. The van der Waals surface area contributed by atoms with E-state index in [4.69, 9.17) is 9.98 Å². The Morgan fingerprint density at radius 1 is 1.24 bits per heavy atom. The molecule has 8 heteroatoms. The Kier molecular flexibility index (Phi) is 4.07. The Balaban J connectivity index is 1.43. The van der Waals surface area contributed by atoms with Gasteiger partial charge in [0.05, 0.1) is 11.9 Å². The summed E-state index contributed by atoms with van der Waals surface area (Å²) < 4.78 is 1.91. The lowest BCUT2D eigenvalue weighted by Crippen LogP contribution is -2.46. The lowest BCUT2D eigenvalue weighted by atomic mass is 10.1. The van der Waals surface area contributed by atoms with Gasteiger partial charge in [-0.15, -0.1) is 5.10 Å². The predicted molar refractivity (Wildman–Crippen MR) is 98.5 cm³/mol. The smallest absolute Gasteiger partial charge is 0.244 e. The Bertz CT molecular complexity index is 740. The van der Waals surface area contributed by atoms with Gasteiger partial charge in [0, 0.05) is 32.8 Å². The molecule has 4 heterocycles. The zero-order valence-electron chi connectivity index (χ0n) is 15.2. The second-order valence-electron chi connectivity index (χ2n) is 7.24. The van der Waals surface area contributed by atoms with Gasteiger partial charge >= 0.3 is 0 Å². The molecule has 1 atom stereocenters. The molecule has 134 valence electrons. The minimum Gasteiger partial charge on any atom is -0.340 e. The topological polar surface area (TPSA) is 73.9 Å². The van der Waals surface area contributed by atoms with Crippen molar-refractivity contribution >= 4 is 18.0 Å². The van der Waals surface area contributed by atoms with E-state index < -0.39 is 0 Å². The van der Waals surface area contributed by atoms with Crippen LogP contribution in [0.15, 0.2) is 21.9 Å². The van der Waals surface area contributed by atoms with E-state index in [1.54, 1.807) is 6.21 Å². The van der Waals surface area contributed by atoms with Gasteiger partial charge in [-0.1, -0.05) is 0 Å². The van der Waals surface area contributed by atoms with Crippen LogP contribution in [0, 0.1) is 0 Å². The third kappa shape index (κ3) is 3.18. The molecule has 1 aromatic rings. The highest BCUT2D eigenvalue weighted by Crippen LogP contribution is 2.25. The Labute approximate surface area is 148 Å². The number of fused-ring (bicyclic) bond motifs is 1. The fourth-order valence-corrected chi connectivity index (χ4v) is 3.57. The summed E-state index contributed by atoms with van der Waals surface area (Å²) in [5.41, 5.74) is 4.18. The summed E-state index contributed by atoms with van der Waals surface area (Å²) in [4.78, 5) is 16.1.